The molecule has 0 atom stereocenters. The summed E-state index contributed by atoms with van der Waals surface area (Å²) >= 11 is 0. The summed E-state index contributed by atoms with van der Waals surface area (Å²) in [6.07, 6.45) is 5.84. The van der Waals surface area contributed by atoms with E-state index in [1.54, 1.807) is 0 Å². The molecule has 0 spiro atoms. The molecule has 0 aliphatic heterocycles. The summed E-state index contributed by atoms with van der Waals surface area (Å²) in [6, 6.07) is 0. The van der Waals surface area contributed by atoms with E-state index in [2.05, 4.69) is 18.0 Å². The smallest absolute Gasteiger partial charge is 0.181 e. The van der Waals surface area contributed by atoms with Crippen LogP contribution in [0.3, 0.4) is 0 Å². The van der Waals surface area contributed by atoms with Gasteiger partial charge >= 0.3 is 0 Å². The highest BCUT2D eigenvalue weighted by Crippen LogP contribution is 2.24. The second-order valence-electron chi connectivity index (χ2n) is 2.55. The molecule has 10 heavy (non-hydrogen) atoms. The van der Waals surface area contributed by atoms with Crippen molar-refractivity contribution in [2.24, 2.45) is 0 Å². The van der Waals surface area contributed by atoms with E-state index in [4.69, 9.17) is 4.42 Å². The molecule has 52 valence electrons. The first kappa shape index (κ1) is 5.71. The van der Waals surface area contributed by atoms with Gasteiger partial charge < -0.3 is 4.42 Å². The summed E-state index contributed by atoms with van der Waals surface area (Å²) in [5.74, 6) is 0.978. The fraction of sp³-hybridized carbons (Fsp3) is 0.375. The van der Waals surface area contributed by atoms with Crippen molar-refractivity contribution in [3.8, 4) is 0 Å². The van der Waals surface area contributed by atoms with Crippen molar-refractivity contribution in [2.45, 2.75) is 19.8 Å². The number of fused-ring (bicyclic) bond motifs is 1. The lowest BCUT2D eigenvalue weighted by atomic mass is 10.0. The summed E-state index contributed by atoms with van der Waals surface area (Å²) in [7, 11) is 0. The van der Waals surface area contributed by atoms with E-state index in [1.165, 1.54) is 12.0 Å². The number of rotatable bonds is 0. The molecule has 0 saturated carbocycles. The number of oxazole rings is 1. The molecular weight excluding hydrogens is 126 g/mol. The van der Waals surface area contributed by atoms with Crippen molar-refractivity contribution < 1.29 is 4.42 Å². The zero-order valence-corrected chi connectivity index (χ0v) is 5.92. The van der Waals surface area contributed by atoms with E-state index in [0.29, 0.717) is 0 Å². The number of aromatic nitrogens is 1. The molecule has 1 aromatic heterocycles. The van der Waals surface area contributed by atoms with Crippen molar-refractivity contribution in [3.63, 3.8) is 0 Å². The number of aryl methyl sites for hydroxylation is 1. The van der Waals surface area contributed by atoms with Gasteiger partial charge in [-0.25, -0.2) is 4.98 Å². The van der Waals surface area contributed by atoms with Crippen LogP contribution in [0.2, 0.25) is 0 Å². The van der Waals surface area contributed by atoms with Gasteiger partial charge in [0, 0.05) is 0 Å². The van der Waals surface area contributed by atoms with Gasteiger partial charge in [0.05, 0.1) is 5.69 Å². The lowest BCUT2D eigenvalue weighted by Crippen LogP contribution is -1.94. The molecule has 2 nitrogen and oxygen atoms in total. The normalized spacial score (nSPS) is 16.3. The summed E-state index contributed by atoms with van der Waals surface area (Å²) < 4.78 is 5.19. The van der Waals surface area contributed by atoms with Crippen LogP contribution in [0.4, 0.5) is 0 Å². The highest BCUT2D eigenvalue weighted by molar-refractivity contribution is 5.62. The SMILES string of the molecule is CC1=CCCc2ncoc21. The van der Waals surface area contributed by atoms with Gasteiger partial charge in [-0.2, -0.15) is 0 Å². The first-order valence-corrected chi connectivity index (χ1v) is 3.47. The van der Waals surface area contributed by atoms with Crippen LogP contribution in [0, 0.1) is 0 Å². The summed E-state index contributed by atoms with van der Waals surface area (Å²) in [4.78, 5) is 4.10. The number of nitrogens with zero attached hydrogens (tertiary/aromatic N) is 1. The van der Waals surface area contributed by atoms with Crippen LogP contribution in [-0.2, 0) is 6.42 Å². The Bertz CT molecular complexity index is 273. The minimum atomic E-state index is 0.978. The Labute approximate surface area is 59.6 Å². The largest absolute Gasteiger partial charge is 0.444 e. The maximum atomic E-state index is 5.19. The van der Waals surface area contributed by atoms with Crippen molar-refractivity contribution in [2.75, 3.05) is 0 Å². The Morgan fingerprint density at radius 3 is 3.30 bits per heavy atom. The van der Waals surface area contributed by atoms with Gasteiger partial charge in [0.25, 0.3) is 0 Å². The van der Waals surface area contributed by atoms with E-state index in [1.807, 2.05) is 0 Å². The van der Waals surface area contributed by atoms with E-state index in [0.717, 1.165) is 24.3 Å². The Morgan fingerprint density at radius 2 is 2.50 bits per heavy atom. The maximum absolute atomic E-state index is 5.19. The lowest BCUT2D eigenvalue weighted by Gasteiger charge is -2.04. The molecule has 1 aliphatic carbocycles. The third kappa shape index (κ3) is 0.685. The predicted octanol–water partition coefficient (Wildman–Crippen LogP) is 2.02. The van der Waals surface area contributed by atoms with Gasteiger partial charge in [-0.15, -0.1) is 0 Å². The molecule has 0 bridgehead atoms. The van der Waals surface area contributed by atoms with E-state index in [9.17, 15) is 0 Å². The molecule has 0 unspecified atom stereocenters. The highest BCUT2D eigenvalue weighted by Gasteiger charge is 2.12. The maximum Gasteiger partial charge on any atom is 0.181 e. The molecule has 0 N–H and O–H groups in total. The van der Waals surface area contributed by atoms with Gasteiger partial charge in [0.15, 0.2) is 12.2 Å². The molecule has 2 rings (SSSR count). The van der Waals surface area contributed by atoms with Crippen LogP contribution in [0.15, 0.2) is 16.9 Å². The molecule has 0 saturated heterocycles. The third-order valence-electron chi connectivity index (χ3n) is 1.83. The van der Waals surface area contributed by atoms with Gasteiger partial charge in [-0.3, -0.25) is 0 Å². The van der Waals surface area contributed by atoms with Crippen molar-refractivity contribution in [1.29, 1.82) is 0 Å². The molecule has 1 heterocycles. The van der Waals surface area contributed by atoms with Crippen LogP contribution in [0.25, 0.3) is 5.57 Å². The van der Waals surface area contributed by atoms with Crippen LogP contribution in [-0.4, -0.2) is 4.98 Å². The first-order chi connectivity index (χ1) is 4.88. The first-order valence-electron chi connectivity index (χ1n) is 3.47. The summed E-state index contributed by atoms with van der Waals surface area (Å²) in [6.45, 7) is 2.06. The molecule has 0 aromatic carbocycles. The molecule has 0 radical (unpaired) electrons. The molecule has 1 aromatic rings. The second kappa shape index (κ2) is 1.97. The average Bonchev–Trinajstić information content (AvgIpc) is 2.36. The zero-order chi connectivity index (χ0) is 6.97. The van der Waals surface area contributed by atoms with Gasteiger partial charge in [0.2, 0.25) is 0 Å². The standard InChI is InChI=1S/C8H9NO/c1-6-3-2-4-7-8(6)10-5-9-7/h3,5H,2,4H2,1H3. The molecule has 0 amide bonds. The zero-order valence-electron chi connectivity index (χ0n) is 5.92. The van der Waals surface area contributed by atoms with Crippen molar-refractivity contribution in [1.82, 2.24) is 4.98 Å². The van der Waals surface area contributed by atoms with Gasteiger partial charge in [0.1, 0.15) is 0 Å². The fourth-order valence-corrected chi connectivity index (χ4v) is 1.29. The Balaban J connectivity index is 2.55. The number of allylic oxidation sites excluding steroid dienone is 2. The Hall–Kier alpha value is -1.05. The molecule has 2 heteroatoms. The van der Waals surface area contributed by atoms with E-state index >= 15 is 0 Å². The van der Waals surface area contributed by atoms with Crippen molar-refractivity contribution in [3.05, 3.63) is 23.9 Å². The average molecular weight is 135 g/mol. The summed E-state index contributed by atoms with van der Waals surface area (Å²) in [5.41, 5.74) is 2.33. The Kier molecular flexibility index (Phi) is 1.13. The molecule has 0 fully saturated rings. The van der Waals surface area contributed by atoms with Crippen LogP contribution < -0.4 is 0 Å². The Morgan fingerprint density at radius 1 is 1.60 bits per heavy atom. The van der Waals surface area contributed by atoms with Crippen LogP contribution >= 0.6 is 0 Å². The molecular formula is C8H9NO. The highest BCUT2D eigenvalue weighted by atomic mass is 16.3. The molecule has 1 aliphatic rings. The number of hydrogen-bond acceptors (Lipinski definition) is 2. The predicted molar refractivity (Wildman–Crippen MR) is 38.5 cm³/mol. The summed E-state index contributed by atoms with van der Waals surface area (Å²) in [5, 5.41) is 0. The second-order valence-corrected chi connectivity index (χ2v) is 2.55. The quantitative estimate of drug-likeness (QED) is 0.544. The fourth-order valence-electron chi connectivity index (χ4n) is 1.29. The van der Waals surface area contributed by atoms with E-state index in [-0.39, 0.29) is 0 Å². The van der Waals surface area contributed by atoms with Crippen LogP contribution in [0.5, 0.6) is 0 Å². The third-order valence-corrected chi connectivity index (χ3v) is 1.83. The minimum Gasteiger partial charge on any atom is -0.444 e. The van der Waals surface area contributed by atoms with Crippen LogP contribution in [0.1, 0.15) is 24.8 Å². The van der Waals surface area contributed by atoms with Gasteiger partial charge in [-0.1, -0.05) is 6.08 Å². The van der Waals surface area contributed by atoms with E-state index < -0.39 is 0 Å². The monoisotopic (exact) mass is 135 g/mol. The topological polar surface area (TPSA) is 26.0 Å². The minimum absolute atomic E-state index is 0.978. The number of hydrogen-bond donors (Lipinski definition) is 0. The van der Waals surface area contributed by atoms with Gasteiger partial charge in [-0.05, 0) is 25.3 Å². The van der Waals surface area contributed by atoms with Crippen molar-refractivity contribution >= 4 is 5.57 Å². The lowest BCUT2D eigenvalue weighted by molar-refractivity contribution is 0.540.